The highest BCUT2D eigenvalue weighted by Gasteiger charge is 1.96. The Balaban J connectivity index is 2.15. The third kappa shape index (κ3) is 1.87. The van der Waals surface area contributed by atoms with Crippen molar-refractivity contribution in [3.63, 3.8) is 0 Å². The largest absolute Gasteiger partial charge is 0.399 e. The Morgan fingerprint density at radius 1 is 1.23 bits per heavy atom. The molecule has 0 aliphatic rings. The van der Waals surface area contributed by atoms with Crippen molar-refractivity contribution in [2.24, 2.45) is 0 Å². The number of anilines is 1. The molecule has 0 fully saturated rings. The van der Waals surface area contributed by atoms with E-state index < -0.39 is 0 Å². The van der Waals surface area contributed by atoms with Crippen molar-refractivity contribution in [1.82, 2.24) is 9.97 Å². The highest BCUT2D eigenvalue weighted by Crippen LogP contribution is 2.09. The van der Waals surface area contributed by atoms with Gasteiger partial charge < -0.3 is 10.7 Å². The number of nitrogens with two attached hydrogens (primary N) is 1. The van der Waals surface area contributed by atoms with Gasteiger partial charge in [0.1, 0.15) is 0 Å². The number of imidazole rings is 1. The highest BCUT2D eigenvalue weighted by molar-refractivity contribution is 5.40. The van der Waals surface area contributed by atoms with Gasteiger partial charge in [0.05, 0.1) is 6.33 Å². The second kappa shape index (κ2) is 3.31. The van der Waals surface area contributed by atoms with E-state index in [9.17, 15) is 0 Å². The zero-order valence-electron chi connectivity index (χ0n) is 7.20. The van der Waals surface area contributed by atoms with E-state index in [1.807, 2.05) is 30.5 Å². The summed E-state index contributed by atoms with van der Waals surface area (Å²) < 4.78 is 0. The molecule has 0 spiro atoms. The standard InChI is InChI=1S/C10H11N3/c11-9-3-1-8(2-4-9)5-10-6-12-7-13-10/h1-4,6-7H,5,11H2,(H,12,13). The third-order valence-corrected chi connectivity index (χ3v) is 1.93. The quantitative estimate of drug-likeness (QED) is 0.677. The van der Waals surface area contributed by atoms with Gasteiger partial charge in [-0.3, -0.25) is 0 Å². The number of aromatic nitrogens is 2. The Morgan fingerprint density at radius 2 is 2.00 bits per heavy atom. The van der Waals surface area contributed by atoms with Gasteiger partial charge in [-0.25, -0.2) is 4.98 Å². The molecule has 0 saturated carbocycles. The Bertz CT molecular complexity index is 362. The molecular formula is C10H11N3. The molecule has 0 aliphatic carbocycles. The number of benzene rings is 1. The van der Waals surface area contributed by atoms with E-state index in [4.69, 9.17) is 5.73 Å². The number of hydrogen-bond donors (Lipinski definition) is 2. The third-order valence-electron chi connectivity index (χ3n) is 1.93. The van der Waals surface area contributed by atoms with E-state index in [1.54, 1.807) is 6.33 Å². The second-order valence-electron chi connectivity index (χ2n) is 3.00. The van der Waals surface area contributed by atoms with Gasteiger partial charge in [0.15, 0.2) is 0 Å². The first-order chi connectivity index (χ1) is 6.34. The Morgan fingerprint density at radius 3 is 2.62 bits per heavy atom. The van der Waals surface area contributed by atoms with E-state index in [1.165, 1.54) is 5.56 Å². The fourth-order valence-corrected chi connectivity index (χ4v) is 1.24. The average molecular weight is 173 g/mol. The monoisotopic (exact) mass is 173 g/mol. The second-order valence-corrected chi connectivity index (χ2v) is 3.00. The van der Waals surface area contributed by atoms with Crippen molar-refractivity contribution in [1.29, 1.82) is 0 Å². The van der Waals surface area contributed by atoms with Crippen LogP contribution in [0.3, 0.4) is 0 Å². The maximum Gasteiger partial charge on any atom is 0.0921 e. The lowest BCUT2D eigenvalue weighted by Crippen LogP contribution is -1.89. The van der Waals surface area contributed by atoms with E-state index in [0.29, 0.717) is 0 Å². The number of rotatable bonds is 2. The van der Waals surface area contributed by atoms with Crippen LogP contribution in [0.15, 0.2) is 36.8 Å². The molecule has 1 aromatic carbocycles. The Hall–Kier alpha value is -1.77. The van der Waals surface area contributed by atoms with Crippen LogP contribution in [0.2, 0.25) is 0 Å². The fourth-order valence-electron chi connectivity index (χ4n) is 1.24. The molecule has 3 heteroatoms. The predicted molar refractivity (Wildman–Crippen MR) is 52.2 cm³/mol. The summed E-state index contributed by atoms with van der Waals surface area (Å²) in [6, 6.07) is 7.86. The minimum atomic E-state index is 0.799. The lowest BCUT2D eigenvalue weighted by atomic mass is 10.1. The molecule has 0 saturated heterocycles. The van der Waals surface area contributed by atoms with Crippen molar-refractivity contribution < 1.29 is 0 Å². The molecule has 0 bridgehead atoms. The number of H-pyrrole nitrogens is 1. The average Bonchev–Trinajstić information content (AvgIpc) is 2.62. The number of hydrogen-bond acceptors (Lipinski definition) is 2. The molecule has 3 nitrogen and oxygen atoms in total. The molecule has 2 rings (SSSR count). The summed E-state index contributed by atoms with van der Waals surface area (Å²) in [6.07, 6.45) is 4.39. The molecular weight excluding hydrogens is 162 g/mol. The molecule has 2 aromatic rings. The SMILES string of the molecule is Nc1ccc(Cc2cnc[nH]2)cc1. The summed E-state index contributed by atoms with van der Waals surface area (Å²) in [5.74, 6) is 0. The summed E-state index contributed by atoms with van der Waals surface area (Å²) in [6.45, 7) is 0. The van der Waals surface area contributed by atoms with Gasteiger partial charge in [0.2, 0.25) is 0 Å². The predicted octanol–water partition coefficient (Wildman–Crippen LogP) is 1.58. The van der Waals surface area contributed by atoms with Crippen molar-refractivity contribution in [3.8, 4) is 0 Å². The Kier molecular flexibility index (Phi) is 2.00. The number of nitrogens with zero attached hydrogens (tertiary/aromatic N) is 1. The van der Waals surface area contributed by atoms with Gasteiger partial charge in [0.25, 0.3) is 0 Å². The molecule has 0 aliphatic heterocycles. The van der Waals surface area contributed by atoms with Gasteiger partial charge in [0, 0.05) is 24.0 Å². The van der Waals surface area contributed by atoms with Crippen molar-refractivity contribution >= 4 is 5.69 Å². The van der Waals surface area contributed by atoms with Crippen molar-refractivity contribution in [2.45, 2.75) is 6.42 Å². The molecule has 0 radical (unpaired) electrons. The van der Waals surface area contributed by atoms with Gasteiger partial charge in [-0.1, -0.05) is 12.1 Å². The molecule has 0 unspecified atom stereocenters. The van der Waals surface area contributed by atoms with Gasteiger partial charge in [-0.2, -0.15) is 0 Å². The van der Waals surface area contributed by atoms with Gasteiger partial charge >= 0.3 is 0 Å². The smallest absolute Gasteiger partial charge is 0.0921 e. The van der Waals surface area contributed by atoms with E-state index in [2.05, 4.69) is 9.97 Å². The topological polar surface area (TPSA) is 54.7 Å². The molecule has 66 valence electrons. The van der Waals surface area contributed by atoms with Crippen LogP contribution in [-0.4, -0.2) is 9.97 Å². The summed E-state index contributed by atoms with van der Waals surface area (Å²) in [4.78, 5) is 7.01. The van der Waals surface area contributed by atoms with Crippen LogP contribution in [0.5, 0.6) is 0 Å². The summed E-state index contributed by atoms with van der Waals surface area (Å²) >= 11 is 0. The van der Waals surface area contributed by atoms with Gasteiger partial charge in [-0.15, -0.1) is 0 Å². The van der Waals surface area contributed by atoms with Crippen LogP contribution < -0.4 is 5.73 Å². The highest BCUT2D eigenvalue weighted by atomic mass is 14.9. The summed E-state index contributed by atoms with van der Waals surface area (Å²) in [5.41, 5.74) is 8.73. The zero-order chi connectivity index (χ0) is 9.10. The number of nitrogens with one attached hydrogen (secondary N) is 1. The summed E-state index contributed by atoms with van der Waals surface area (Å²) in [5, 5.41) is 0. The molecule has 3 N–H and O–H groups in total. The van der Waals surface area contributed by atoms with E-state index in [-0.39, 0.29) is 0 Å². The first kappa shape index (κ1) is 7.86. The normalized spacial score (nSPS) is 10.2. The summed E-state index contributed by atoms with van der Waals surface area (Å²) in [7, 11) is 0. The molecule has 0 amide bonds. The lowest BCUT2D eigenvalue weighted by molar-refractivity contribution is 1.11. The van der Waals surface area contributed by atoms with Crippen LogP contribution in [-0.2, 0) is 6.42 Å². The minimum Gasteiger partial charge on any atom is -0.399 e. The zero-order valence-corrected chi connectivity index (χ0v) is 7.20. The number of nitrogen functional groups attached to an aromatic ring is 1. The first-order valence-corrected chi connectivity index (χ1v) is 4.16. The van der Waals surface area contributed by atoms with Crippen LogP contribution >= 0.6 is 0 Å². The minimum absolute atomic E-state index is 0.799. The van der Waals surface area contributed by atoms with Crippen LogP contribution in [0.4, 0.5) is 5.69 Å². The fraction of sp³-hybridized carbons (Fsp3) is 0.100. The lowest BCUT2D eigenvalue weighted by Gasteiger charge is -1.98. The maximum absolute atomic E-state index is 5.58. The number of aromatic amines is 1. The molecule has 1 aromatic heterocycles. The van der Waals surface area contributed by atoms with Crippen molar-refractivity contribution in [2.75, 3.05) is 5.73 Å². The van der Waals surface area contributed by atoms with E-state index in [0.717, 1.165) is 17.8 Å². The molecule has 13 heavy (non-hydrogen) atoms. The van der Waals surface area contributed by atoms with E-state index >= 15 is 0 Å². The van der Waals surface area contributed by atoms with Gasteiger partial charge in [-0.05, 0) is 17.7 Å². The molecule has 0 atom stereocenters. The van der Waals surface area contributed by atoms with Crippen LogP contribution in [0.1, 0.15) is 11.3 Å². The maximum atomic E-state index is 5.58. The Labute approximate surface area is 76.6 Å². The van der Waals surface area contributed by atoms with Crippen LogP contribution in [0, 0.1) is 0 Å². The first-order valence-electron chi connectivity index (χ1n) is 4.16. The van der Waals surface area contributed by atoms with Crippen LogP contribution in [0.25, 0.3) is 0 Å². The molecule has 1 heterocycles. The van der Waals surface area contributed by atoms with Crippen molar-refractivity contribution in [3.05, 3.63) is 48.0 Å².